The van der Waals surface area contributed by atoms with Crippen LogP contribution in [-0.4, -0.2) is 31.0 Å². The molecule has 1 unspecified atom stereocenters. The lowest BCUT2D eigenvalue weighted by molar-refractivity contribution is -0.268. The van der Waals surface area contributed by atoms with Gasteiger partial charge in [0.2, 0.25) is 0 Å². The van der Waals surface area contributed by atoms with Crippen LogP contribution in [0.25, 0.3) is 0 Å². The van der Waals surface area contributed by atoms with Gasteiger partial charge in [-0.1, -0.05) is 6.92 Å². The molecule has 1 atom stereocenters. The van der Waals surface area contributed by atoms with Crippen molar-refractivity contribution in [3.63, 3.8) is 0 Å². The van der Waals surface area contributed by atoms with E-state index in [2.05, 4.69) is 12.2 Å². The van der Waals surface area contributed by atoms with Crippen LogP contribution in [0.1, 0.15) is 32.6 Å². The summed E-state index contributed by atoms with van der Waals surface area (Å²) >= 11 is 0. The molecule has 0 bridgehead atoms. The van der Waals surface area contributed by atoms with E-state index in [4.69, 9.17) is 4.74 Å². The smallest absolute Gasteiger partial charge is 0.360 e. The first-order valence-corrected chi connectivity index (χ1v) is 5.87. The predicted molar refractivity (Wildman–Crippen MR) is 54.2 cm³/mol. The van der Waals surface area contributed by atoms with Gasteiger partial charge in [0.15, 0.2) is 6.10 Å². The summed E-state index contributed by atoms with van der Waals surface area (Å²) in [4.78, 5) is 0. The highest BCUT2D eigenvalue weighted by Crippen LogP contribution is 2.39. The molecular formula is C11H18F3NO. The van der Waals surface area contributed by atoms with Gasteiger partial charge in [-0.25, -0.2) is 0 Å². The van der Waals surface area contributed by atoms with Crippen molar-refractivity contribution < 1.29 is 17.9 Å². The summed E-state index contributed by atoms with van der Waals surface area (Å²) in [7, 11) is 0. The van der Waals surface area contributed by atoms with Crippen LogP contribution in [0.15, 0.2) is 0 Å². The Morgan fingerprint density at radius 1 is 1.25 bits per heavy atom. The summed E-state index contributed by atoms with van der Waals surface area (Å²) in [6.45, 7) is 2.59. The number of alkyl halides is 3. The monoisotopic (exact) mass is 237 g/mol. The molecule has 2 fully saturated rings. The third-order valence-corrected chi connectivity index (χ3v) is 3.72. The molecule has 94 valence electrons. The molecule has 2 rings (SSSR count). The summed E-state index contributed by atoms with van der Waals surface area (Å²) < 4.78 is 43.1. The SMILES string of the molecule is CC1CCC2(CC1)CNCC(C(F)(F)F)O2. The molecule has 1 heterocycles. The van der Waals surface area contributed by atoms with E-state index in [0.717, 1.165) is 25.7 Å². The van der Waals surface area contributed by atoms with Crippen molar-refractivity contribution in [3.05, 3.63) is 0 Å². The molecule has 0 amide bonds. The zero-order chi connectivity index (χ0) is 11.8. The summed E-state index contributed by atoms with van der Waals surface area (Å²) in [6.07, 6.45) is -2.46. The van der Waals surface area contributed by atoms with Crippen LogP contribution < -0.4 is 5.32 Å². The van der Waals surface area contributed by atoms with Gasteiger partial charge in [-0.2, -0.15) is 13.2 Å². The molecule has 1 N–H and O–H groups in total. The Bertz CT molecular complexity index is 246. The van der Waals surface area contributed by atoms with Crippen molar-refractivity contribution in [2.24, 2.45) is 5.92 Å². The van der Waals surface area contributed by atoms with Gasteiger partial charge >= 0.3 is 6.18 Å². The van der Waals surface area contributed by atoms with Crippen LogP contribution in [0.5, 0.6) is 0 Å². The van der Waals surface area contributed by atoms with Crippen LogP contribution in [-0.2, 0) is 4.74 Å². The third-order valence-electron chi connectivity index (χ3n) is 3.72. The normalized spacial score (nSPS) is 41.2. The number of nitrogens with one attached hydrogen (secondary N) is 1. The molecule has 2 nitrogen and oxygen atoms in total. The Hall–Kier alpha value is -0.290. The Morgan fingerprint density at radius 3 is 2.44 bits per heavy atom. The summed E-state index contributed by atoms with van der Waals surface area (Å²) in [5, 5.41) is 2.87. The molecule has 1 aliphatic carbocycles. The number of hydrogen-bond donors (Lipinski definition) is 1. The fourth-order valence-corrected chi connectivity index (χ4v) is 2.58. The zero-order valence-electron chi connectivity index (χ0n) is 9.44. The lowest BCUT2D eigenvalue weighted by atomic mass is 9.78. The molecule has 1 saturated heterocycles. The van der Waals surface area contributed by atoms with Gasteiger partial charge in [0.05, 0.1) is 5.60 Å². The highest BCUT2D eigenvalue weighted by Gasteiger charge is 2.49. The van der Waals surface area contributed by atoms with Crippen molar-refractivity contribution in [1.29, 1.82) is 0 Å². The largest absolute Gasteiger partial charge is 0.415 e. The van der Waals surface area contributed by atoms with E-state index < -0.39 is 17.9 Å². The Labute approximate surface area is 93.5 Å². The molecule has 16 heavy (non-hydrogen) atoms. The summed E-state index contributed by atoms with van der Waals surface area (Å²) in [5.74, 6) is 0.612. The molecule has 5 heteroatoms. The molecule has 1 saturated carbocycles. The highest BCUT2D eigenvalue weighted by molar-refractivity contribution is 4.94. The van der Waals surface area contributed by atoms with E-state index in [1.165, 1.54) is 0 Å². The van der Waals surface area contributed by atoms with E-state index in [9.17, 15) is 13.2 Å². The number of morpholine rings is 1. The highest BCUT2D eigenvalue weighted by atomic mass is 19.4. The van der Waals surface area contributed by atoms with Gasteiger partial charge in [0, 0.05) is 13.1 Å². The van der Waals surface area contributed by atoms with Crippen molar-refractivity contribution in [2.75, 3.05) is 13.1 Å². The maximum absolute atomic E-state index is 12.6. The Morgan fingerprint density at radius 2 is 1.88 bits per heavy atom. The molecule has 0 aromatic carbocycles. The third kappa shape index (κ3) is 2.51. The van der Waals surface area contributed by atoms with Gasteiger partial charge in [-0.3, -0.25) is 0 Å². The summed E-state index contributed by atoms with van der Waals surface area (Å²) in [6, 6.07) is 0. The van der Waals surface area contributed by atoms with E-state index in [1.807, 2.05) is 0 Å². The second kappa shape index (κ2) is 4.18. The first-order chi connectivity index (χ1) is 7.41. The minimum atomic E-state index is -4.25. The maximum atomic E-state index is 12.6. The lowest BCUT2D eigenvalue weighted by Gasteiger charge is -2.45. The van der Waals surface area contributed by atoms with E-state index in [0.29, 0.717) is 12.5 Å². The Kier molecular flexibility index (Phi) is 3.18. The van der Waals surface area contributed by atoms with Gasteiger partial charge in [0.1, 0.15) is 0 Å². The molecular weight excluding hydrogens is 219 g/mol. The zero-order valence-corrected chi connectivity index (χ0v) is 9.44. The fraction of sp³-hybridized carbons (Fsp3) is 1.00. The van der Waals surface area contributed by atoms with Gasteiger partial charge < -0.3 is 10.1 Å². The minimum absolute atomic E-state index is 0.110. The molecule has 0 aromatic heterocycles. The van der Waals surface area contributed by atoms with Crippen molar-refractivity contribution >= 4 is 0 Å². The van der Waals surface area contributed by atoms with Gasteiger partial charge in [0.25, 0.3) is 0 Å². The standard InChI is InChI=1S/C11H18F3NO/c1-8-2-4-10(5-3-8)7-15-6-9(16-10)11(12,13)14/h8-9,15H,2-7H2,1H3. The van der Waals surface area contributed by atoms with Crippen LogP contribution in [0.4, 0.5) is 13.2 Å². The predicted octanol–water partition coefficient (Wildman–Crippen LogP) is 2.49. The lowest BCUT2D eigenvalue weighted by Crippen LogP contribution is -2.58. The second-order valence-electron chi connectivity index (χ2n) is 5.14. The number of hydrogen-bond acceptors (Lipinski definition) is 2. The summed E-state index contributed by atoms with van der Waals surface area (Å²) in [5.41, 5.74) is -0.565. The van der Waals surface area contributed by atoms with E-state index in [-0.39, 0.29) is 6.54 Å². The maximum Gasteiger partial charge on any atom is 0.415 e. The van der Waals surface area contributed by atoms with Crippen molar-refractivity contribution in [3.8, 4) is 0 Å². The van der Waals surface area contributed by atoms with E-state index in [1.54, 1.807) is 0 Å². The van der Waals surface area contributed by atoms with Crippen LogP contribution in [0.3, 0.4) is 0 Å². The van der Waals surface area contributed by atoms with Crippen molar-refractivity contribution in [1.82, 2.24) is 5.32 Å². The van der Waals surface area contributed by atoms with Gasteiger partial charge in [-0.05, 0) is 31.6 Å². The molecule has 0 radical (unpaired) electrons. The molecule has 1 aliphatic heterocycles. The van der Waals surface area contributed by atoms with E-state index >= 15 is 0 Å². The quantitative estimate of drug-likeness (QED) is 0.699. The second-order valence-corrected chi connectivity index (χ2v) is 5.14. The molecule has 2 aliphatic rings. The van der Waals surface area contributed by atoms with Crippen LogP contribution in [0, 0.1) is 5.92 Å². The van der Waals surface area contributed by atoms with Crippen molar-refractivity contribution in [2.45, 2.75) is 50.5 Å². The Balaban J connectivity index is 2.01. The fourth-order valence-electron chi connectivity index (χ4n) is 2.58. The first-order valence-electron chi connectivity index (χ1n) is 5.87. The molecule has 0 aromatic rings. The van der Waals surface area contributed by atoms with Crippen LogP contribution in [0.2, 0.25) is 0 Å². The minimum Gasteiger partial charge on any atom is -0.360 e. The first kappa shape index (κ1) is 12.2. The number of ether oxygens (including phenoxy) is 1. The molecule has 1 spiro atoms. The average molecular weight is 237 g/mol. The van der Waals surface area contributed by atoms with Crippen LogP contribution >= 0.6 is 0 Å². The average Bonchev–Trinajstić information content (AvgIpc) is 2.22. The van der Waals surface area contributed by atoms with Gasteiger partial charge in [-0.15, -0.1) is 0 Å². The topological polar surface area (TPSA) is 21.3 Å². The number of rotatable bonds is 0. The number of halogens is 3.